The summed E-state index contributed by atoms with van der Waals surface area (Å²) in [5.41, 5.74) is 2.72. The van der Waals surface area contributed by atoms with Gasteiger partial charge in [0.05, 0.1) is 11.4 Å². The Kier molecular flexibility index (Phi) is 5.57. The Bertz CT molecular complexity index is 1090. The van der Waals surface area contributed by atoms with Gasteiger partial charge in [-0.1, -0.05) is 50.1 Å². The Morgan fingerprint density at radius 1 is 0.929 bits per heavy atom. The lowest BCUT2D eigenvalue weighted by molar-refractivity contribution is -0.123. The number of amides is 2. The zero-order valence-electron chi connectivity index (χ0n) is 14.5. The predicted octanol–water partition coefficient (Wildman–Crippen LogP) is 6.24. The Balaban J connectivity index is 1.60. The van der Waals surface area contributed by atoms with Crippen LogP contribution in [0.3, 0.4) is 0 Å². The molecule has 4 nitrogen and oxygen atoms in total. The highest BCUT2D eigenvalue weighted by Gasteiger charge is 2.35. The predicted molar refractivity (Wildman–Crippen MR) is 119 cm³/mol. The van der Waals surface area contributed by atoms with E-state index < -0.39 is 0 Å². The average molecular weight is 518 g/mol. The van der Waals surface area contributed by atoms with Crippen molar-refractivity contribution < 1.29 is 9.59 Å². The van der Waals surface area contributed by atoms with Crippen LogP contribution in [0.1, 0.15) is 11.3 Å². The van der Waals surface area contributed by atoms with Gasteiger partial charge in [0.2, 0.25) is 0 Å². The minimum atomic E-state index is -0.264. The van der Waals surface area contributed by atoms with Crippen LogP contribution in [0.5, 0.6) is 0 Å². The minimum absolute atomic E-state index is 0.250. The maximum absolute atomic E-state index is 12.8. The summed E-state index contributed by atoms with van der Waals surface area (Å²) in [6, 6.07) is 19.3. The molecule has 2 amide bonds. The van der Waals surface area contributed by atoms with Gasteiger partial charge in [0.25, 0.3) is 11.1 Å². The highest BCUT2D eigenvalue weighted by atomic mass is 79.9. The molecule has 7 heteroatoms. The normalized spacial score (nSPS) is 15.6. The maximum atomic E-state index is 12.8. The van der Waals surface area contributed by atoms with Crippen molar-refractivity contribution in [1.29, 1.82) is 0 Å². The number of thioether (sulfide) groups is 1. The van der Waals surface area contributed by atoms with Gasteiger partial charge in [-0.25, -0.2) is 0 Å². The molecular formula is C21H14Br2N2O2S. The number of imide groups is 1. The molecular weight excluding hydrogens is 504 g/mol. The second-order valence-corrected chi connectivity index (χ2v) is 9.00. The van der Waals surface area contributed by atoms with Crippen LogP contribution < -0.4 is 0 Å². The third-order valence-electron chi connectivity index (χ3n) is 4.27. The maximum Gasteiger partial charge on any atom is 0.293 e. The largest absolute Gasteiger partial charge is 0.317 e. The fourth-order valence-electron chi connectivity index (χ4n) is 2.92. The Morgan fingerprint density at radius 2 is 1.71 bits per heavy atom. The van der Waals surface area contributed by atoms with Crippen molar-refractivity contribution in [2.75, 3.05) is 0 Å². The van der Waals surface area contributed by atoms with E-state index in [9.17, 15) is 9.59 Å². The number of rotatable bonds is 4. The summed E-state index contributed by atoms with van der Waals surface area (Å²) in [6.07, 6.45) is 3.70. The second kappa shape index (κ2) is 8.11. The molecule has 0 N–H and O–H groups in total. The van der Waals surface area contributed by atoms with E-state index in [1.807, 2.05) is 71.4 Å². The molecule has 0 atom stereocenters. The quantitative estimate of drug-likeness (QED) is 0.385. The van der Waals surface area contributed by atoms with Crippen molar-refractivity contribution >= 4 is 60.8 Å². The number of hydrogen-bond acceptors (Lipinski definition) is 3. The van der Waals surface area contributed by atoms with E-state index in [2.05, 4.69) is 31.9 Å². The third kappa shape index (κ3) is 4.01. The number of halogens is 2. The number of carbonyl (C=O) groups is 2. The van der Waals surface area contributed by atoms with E-state index in [1.165, 1.54) is 4.90 Å². The van der Waals surface area contributed by atoms with E-state index in [-0.39, 0.29) is 17.7 Å². The molecule has 1 aromatic heterocycles. The van der Waals surface area contributed by atoms with Crippen molar-refractivity contribution in [3.8, 4) is 5.69 Å². The van der Waals surface area contributed by atoms with Crippen LogP contribution >= 0.6 is 43.6 Å². The molecule has 28 heavy (non-hydrogen) atoms. The molecule has 0 aliphatic carbocycles. The van der Waals surface area contributed by atoms with Gasteiger partial charge < -0.3 is 4.57 Å². The first-order valence-electron chi connectivity index (χ1n) is 8.44. The van der Waals surface area contributed by atoms with Crippen LogP contribution in [0.4, 0.5) is 4.79 Å². The Morgan fingerprint density at radius 3 is 2.46 bits per heavy atom. The fourth-order valence-corrected chi connectivity index (χ4v) is 4.39. The van der Waals surface area contributed by atoms with Crippen molar-refractivity contribution in [2.24, 2.45) is 0 Å². The highest BCUT2D eigenvalue weighted by molar-refractivity contribution is 9.10. The summed E-state index contributed by atoms with van der Waals surface area (Å²) in [7, 11) is 0. The number of hydrogen-bond donors (Lipinski definition) is 0. The van der Waals surface area contributed by atoms with E-state index in [0.29, 0.717) is 4.91 Å². The summed E-state index contributed by atoms with van der Waals surface area (Å²) < 4.78 is 3.91. The van der Waals surface area contributed by atoms with Crippen molar-refractivity contribution in [2.45, 2.75) is 6.54 Å². The number of nitrogens with zero attached hydrogens (tertiary/aromatic N) is 2. The first-order chi connectivity index (χ1) is 13.5. The molecule has 0 bridgehead atoms. The number of benzene rings is 2. The van der Waals surface area contributed by atoms with Gasteiger partial charge >= 0.3 is 0 Å². The molecule has 0 radical (unpaired) electrons. The van der Waals surface area contributed by atoms with E-state index in [4.69, 9.17) is 0 Å². The van der Waals surface area contributed by atoms with Gasteiger partial charge in [-0.05, 0) is 65.9 Å². The van der Waals surface area contributed by atoms with Crippen LogP contribution in [0.15, 0.2) is 80.7 Å². The van der Waals surface area contributed by atoms with E-state index in [0.717, 1.165) is 37.7 Å². The van der Waals surface area contributed by atoms with Crippen LogP contribution in [-0.4, -0.2) is 20.6 Å². The summed E-state index contributed by atoms with van der Waals surface area (Å²) in [5.74, 6) is -0.264. The molecule has 1 fully saturated rings. The minimum Gasteiger partial charge on any atom is -0.317 e. The lowest BCUT2D eigenvalue weighted by Crippen LogP contribution is -2.27. The monoisotopic (exact) mass is 516 g/mol. The Hall–Kier alpha value is -2.09. The molecule has 4 rings (SSSR count). The molecule has 3 aromatic rings. The van der Waals surface area contributed by atoms with Gasteiger partial charge in [-0.2, -0.15) is 0 Å². The van der Waals surface area contributed by atoms with Crippen LogP contribution in [0.2, 0.25) is 0 Å². The van der Waals surface area contributed by atoms with Crippen molar-refractivity contribution in [3.63, 3.8) is 0 Å². The zero-order valence-corrected chi connectivity index (χ0v) is 18.5. The molecule has 1 aliphatic rings. The van der Waals surface area contributed by atoms with Crippen LogP contribution in [0.25, 0.3) is 11.8 Å². The number of aromatic nitrogens is 1. The SMILES string of the molecule is O=C1S/C(=C\c2cccn2-c2cccc(Br)c2)C(=O)N1Cc1ccc(Br)cc1. The molecule has 0 saturated carbocycles. The van der Waals surface area contributed by atoms with Gasteiger partial charge in [-0.3, -0.25) is 14.5 Å². The van der Waals surface area contributed by atoms with Gasteiger partial charge in [0.15, 0.2) is 0 Å². The summed E-state index contributed by atoms with van der Waals surface area (Å²) in [4.78, 5) is 26.9. The first kappa shape index (κ1) is 19.2. The molecule has 0 spiro atoms. The summed E-state index contributed by atoms with van der Waals surface area (Å²) >= 11 is 7.85. The molecule has 140 valence electrons. The van der Waals surface area contributed by atoms with Gasteiger partial charge in [-0.15, -0.1) is 0 Å². The molecule has 0 unspecified atom stereocenters. The lowest BCUT2D eigenvalue weighted by Gasteiger charge is -2.12. The second-order valence-electron chi connectivity index (χ2n) is 6.18. The van der Waals surface area contributed by atoms with E-state index in [1.54, 1.807) is 6.08 Å². The van der Waals surface area contributed by atoms with Gasteiger partial charge in [0.1, 0.15) is 0 Å². The topological polar surface area (TPSA) is 42.3 Å². The lowest BCUT2D eigenvalue weighted by atomic mass is 10.2. The van der Waals surface area contributed by atoms with Crippen LogP contribution in [0, 0.1) is 0 Å². The molecule has 1 saturated heterocycles. The van der Waals surface area contributed by atoms with Gasteiger partial charge in [0, 0.05) is 26.5 Å². The van der Waals surface area contributed by atoms with Crippen LogP contribution in [-0.2, 0) is 11.3 Å². The smallest absolute Gasteiger partial charge is 0.293 e. The first-order valence-corrected chi connectivity index (χ1v) is 10.8. The standard InChI is InChI=1S/C21H14Br2N2O2S/c22-15-8-6-14(7-9-15)13-25-20(26)19(28-21(25)27)12-18-5-2-10-24(18)17-4-1-3-16(23)11-17/h1-12H,13H2/b19-12-. The molecule has 2 heterocycles. The molecule has 2 aromatic carbocycles. The van der Waals surface area contributed by atoms with Crippen molar-refractivity contribution in [1.82, 2.24) is 9.47 Å². The third-order valence-corrected chi connectivity index (χ3v) is 6.20. The fraction of sp³-hybridized carbons (Fsp3) is 0.0476. The average Bonchev–Trinajstić information content (AvgIpc) is 3.24. The van der Waals surface area contributed by atoms with Crippen molar-refractivity contribution in [3.05, 3.63) is 92.0 Å². The highest BCUT2D eigenvalue weighted by Crippen LogP contribution is 2.34. The molecule has 1 aliphatic heterocycles. The summed E-state index contributed by atoms with van der Waals surface area (Å²) in [5, 5.41) is -0.250. The Labute approximate surface area is 183 Å². The summed E-state index contributed by atoms with van der Waals surface area (Å²) in [6.45, 7) is 0.266. The zero-order chi connectivity index (χ0) is 19.7. The van der Waals surface area contributed by atoms with E-state index >= 15 is 0 Å². The number of carbonyl (C=O) groups excluding carboxylic acids is 2.